The Bertz CT molecular complexity index is 458. The van der Waals surface area contributed by atoms with Crippen molar-refractivity contribution in [3.05, 3.63) is 16.4 Å². The molecule has 1 aliphatic rings. The molecule has 2 atom stereocenters. The molecular weight excluding hydrogens is 272 g/mol. The third-order valence-electron chi connectivity index (χ3n) is 4.80. The standard InChI is InChI=1S/C16H27ClN2O/c1-4-13-7-6-9-16(20,10-8-13)11-14-15(17)12(3)18-19(14)5-2/h13,20H,4-11H2,1-3H3. The number of hydrogen-bond acceptors (Lipinski definition) is 2. The highest BCUT2D eigenvalue weighted by molar-refractivity contribution is 6.31. The number of nitrogens with zero attached hydrogens (tertiary/aromatic N) is 2. The van der Waals surface area contributed by atoms with Crippen molar-refractivity contribution in [2.24, 2.45) is 5.92 Å². The van der Waals surface area contributed by atoms with Gasteiger partial charge in [-0.2, -0.15) is 5.10 Å². The summed E-state index contributed by atoms with van der Waals surface area (Å²) in [7, 11) is 0. The molecule has 20 heavy (non-hydrogen) atoms. The zero-order valence-electron chi connectivity index (χ0n) is 13.0. The summed E-state index contributed by atoms with van der Waals surface area (Å²) in [6.45, 7) is 7.05. The molecule has 114 valence electrons. The first kappa shape index (κ1) is 15.8. The predicted octanol–water partition coefficient (Wildman–Crippen LogP) is 4.13. The van der Waals surface area contributed by atoms with Crippen LogP contribution in [0.2, 0.25) is 5.02 Å². The van der Waals surface area contributed by atoms with Gasteiger partial charge in [-0.05, 0) is 39.0 Å². The molecule has 0 bridgehead atoms. The lowest BCUT2D eigenvalue weighted by molar-refractivity contribution is 0.0223. The van der Waals surface area contributed by atoms with E-state index < -0.39 is 5.60 Å². The van der Waals surface area contributed by atoms with Crippen molar-refractivity contribution in [2.45, 2.75) is 77.9 Å². The van der Waals surface area contributed by atoms with Crippen molar-refractivity contribution in [1.82, 2.24) is 9.78 Å². The first-order valence-corrected chi connectivity index (χ1v) is 8.31. The highest BCUT2D eigenvalue weighted by atomic mass is 35.5. The monoisotopic (exact) mass is 298 g/mol. The molecule has 0 aromatic carbocycles. The Hall–Kier alpha value is -0.540. The molecule has 4 heteroatoms. The van der Waals surface area contributed by atoms with E-state index in [-0.39, 0.29) is 0 Å². The van der Waals surface area contributed by atoms with Crippen molar-refractivity contribution in [2.75, 3.05) is 0 Å². The molecular formula is C16H27ClN2O. The second-order valence-corrected chi connectivity index (χ2v) is 6.65. The number of hydrogen-bond donors (Lipinski definition) is 1. The van der Waals surface area contributed by atoms with Gasteiger partial charge in [0.1, 0.15) is 0 Å². The molecule has 1 fully saturated rings. The summed E-state index contributed by atoms with van der Waals surface area (Å²) in [6, 6.07) is 0. The highest BCUT2D eigenvalue weighted by Gasteiger charge is 2.33. The van der Waals surface area contributed by atoms with Gasteiger partial charge in [0.15, 0.2) is 0 Å². The Labute approximate surface area is 127 Å². The van der Waals surface area contributed by atoms with Crippen LogP contribution in [0.3, 0.4) is 0 Å². The normalized spacial score (nSPS) is 27.6. The average molecular weight is 299 g/mol. The van der Waals surface area contributed by atoms with Crippen LogP contribution in [-0.4, -0.2) is 20.5 Å². The summed E-state index contributed by atoms with van der Waals surface area (Å²) in [6.07, 6.45) is 7.12. The van der Waals surface area contributed by atoms with E-state index in [1.54, 1.807) is 0 Å². The molecule has 1 aromatic rings. The molecule has 3 nitrogen and oxygen atoms in total. The number of rotatable bonds is 4. The molecule has 1 aliphatic carbocycles. The Morgan fingerprint density at radius 2 is 2.10 bits per heavy atom. The van der Waals surface area contributed by atoms with Crippen LogP contribution >= 0.6 is 11.6 Å². The van der Waals surface area contributed by atoms with Crippen molar-refractivity contribution in [1.29, 1.82) is 0 Å². The van der Waals surface area contributed by atoms with Gasteiger partial charge in [-0.3, -0.25) is 4.68 Å². The minimum atomic E-state index is -0.604. The van der Waals surface area contributed by atoms with Crippen LogP contribution in [0.25, 0.3) is 0 Å². The molecule has 1 saturated carbocycles. The van der Waals surface area contributed by atoms with Crippen LogP contribution in [0.5, 0.6) is 0 Å². The van der Waals surface area contributed by atoms with Crippen LogP contribution < -0.4 is 0 Å². The fourth-order valence-corrected chi connectivity index (χ4v) is 3.60. The second kappa shape index (κ2) is 6.48. The Kier molecular flexibility index (Phi) is 5.14. The first-order chi connectivity index (χ1) is 9.49. The summed E-state index contributed by atoms with van der Waals surface area (Å²) in [5.74, 6) is 0.775. The highest BCUT2D eigenvalue weighted by Crippen LogP contribution is 2.35. The van der Waals surface area contributed by atoms with E-state index >= 15 is 0 Å². The summed E-state index contributed by atoms with van der Waals surface area (Å²) < 4.78 is 1.94. The summed E-state index contributed by atoms with van der Waals surface area (Å²) in [4.78, 5) is 0. The van der Waals surface area contributed by atoms with Gasteiger partial charge >= 0.3 is 0 Å². The lowest BCUT2D eigenvalue weighted by atomic mass is 9.88. The van der Waals surface area contributed by atoms with E-state index in [2.05, 4.69) is 18.9 Å². The maximum Gasteiger partial charge on any atom is 0.0848 e. The van der Waals surface area contributed by atoms with E-state index in [1.807, 2.05) is 11.6 Å². The fourth-order valence-electron chi connectivity index (χ4n) is 3.40. The lowest BCUT2D eigenvalue weighted by Gasteiger charge is -2.27. The maximum atomic E-state index is 11.0. The number of aliphatic hydroxyl groups is 1. The van der Waals surface area contributed by atoms with E-state index in [0.29, 0.717) is 6.42 Å². The Morgan fingerprint density at radius 1 is 1.35 bits per heavy atom. The van der Waals surface area contributed by atoms with Gasteiger partial charge in [-0.15, -0.1) is 0 Å². The van der Waals surface area contributed by atoms with Crippen LogP contribution in [-0.2, 0) is 13.0 Å². The van der Waals surface area contributed by atoms with Crippen LogP contribution in [0.15, 0.2) is 0 Å². The number of halogens is 1. The minimum Gasteiger partial charge on any atom is -0.389 e. The van der Waals surface area contributed by atoms with Gasteiger partial charge in [0.05, 0.1) is 22.0 Å². The predicted molar refractivity (Wildman–Crippen MR) is 83.2 cm³/mol. The van der Waals surface area contributed by atoms with Gasteiger partial charge in [0.25, 0.3) is 0 Å². The molecule has 0 saturated heterocycles. The van der Waals surface area contributed by atoms with E-state index in [4.69, 9.17) is 11.6 Å². The Morgan fingerprint density at radius 3 is 2.75 bits per heavy atom. The van der Waals surface area contributed by atoms with Crippen molar-refractivity contribution in [3.63, 3.8) is 0 Å². The summed E-state index contributed by atoms with van der Waals surface area (Å²) in [5.41, 5.74) is 1.27. The SMILES string of the molecule is CCC1CCCC(O)(Cc2c(Cl)c(C)nn2CC)CC1. The molecule has 0 radical (unpaired) electrons. The van der Waals surface area contributed by atoms with Gasteiger partial charge in [0.2, 0.25) is 0 Å². The molecule has 2 unspecified atom stereocenters. The summed E-state index contributed by atoms with van der Waals surface area (Å²) >= 11 is 6.38. The first-order valence-electron chi connectivity index (χ1n) is 7.93. The molecule has 2 rings (SSSR count). The third kappa shape index (κ3) is 3.37. The zero-order valence-corrected chi connectivity index (χ0v) is 13.7. The number of aryl methyl sites for hydroxylation is 2. The second-order valence-electron chi connectivity index (χ2n) is 6.27. The van der Waals surface area contributed by atoms with Crippen molar-refractivity contribution in [3.8, 4) is 0 Å². The molecule has 0 aliphatic heterocycles. The van der Waals surface area contributed by atoms with Crippen LogP contribution in [0.4, 0.5) is 0 Å². The lowest BCUT2D eigenvalue weighted by Crippen LogP contribution is -2.32. The fraction of sp³-hybridized carbons (Fsp3) is 0.812. The van der Waals surface area contributed by atoms with Crippen LogP contribution in [0.1, 0.15) is 63.8 Å². The molecule has 1 aromatic heterocycles. The van der Waals surface area contributed by atoms with Gasteiger partial charge in [-0.1, -0.05) is 37.8 Å². The van der Waals surface area contributed by atoms with Gasteiger partial charge < -0.3 is 5.11 Å². The van der Waals surface area contributed by atoms with Crippen molar-refractivity contribution < 1.29 is 5.11 Å². The maximum absolute atomic E-state index is 11.0. The topological polar surface area (TPSA) is 38.1 Å². The quantitative estimate of drug-likeness (QED) is 0.849. The molecule has 0 spiro atoms. The number of aromatic nitrogens is 2. The Balaban J connectivity index is 2.16. The van der Waals surface area contributed by atoms with Crippen molar-refractivity contribution >= 4 is 11.6 Å². The van der Waals surface area contributed by atoms with E-state index in [0.717, 1.165) is 54.6 Å². The largest absolute Gasteiger partial charge is 0.389 e. The zero-order chi connectivity index (χ0) is 14.8. The molecule has 1 heterocycles. The summed E-state index contributed by atoms with van der Waals surface area (Å²) in [5, 5.41) is 16.2. The smallest absolute Gasteiger partial charge is 0.0848 e. The minimum absolute atomic E-state index is 0.604. The van der Waals surface area contributed by atoms with Gasteiger partial charge in [0, 0.05) is 13.0 Å². The third-order valence-corrected chi connectivity index (χ3v) is 5.29. The van der Waals surface area contributed by atoms with Gasteiger partial charge in [-0.25, -0.2) is 0 Å². The molecule has 1 N–H and O–H groups in total. The van der Waals surface area contributed by atoms with E-state index in [1.165, 1.54) is 12.8 Å². The molecule has 0 amide bonds. The average Bonchev–Trinajstić information content (AvgIpc) is 2.61. The van der Waals surface area contributed by atoms with Crippen LogP contribution in [0, 0.1) is 12.8 Å². The van der Waals surface area contributed by atoms with E-state index in [9.17, 15) is 5.11 Å².